The Hall–Kier alpha value is -2.48. The monoisotopic (exact) mass is 246 g/mol. The predicted molar refractivity (Wildman–Crippen MR) is 80.3 cm³/mol. The molecule has 4 rings (SSSR count). The van der Waals surface area contributed by atoms with Crippen LogP contribution in [0.5, 0.6) is 0 Å². The highest BCUT2D eigenvalue weighted by Crippen LogP contribution is 2.33. The lowest BCUT2D eigenvalue weighted by Crippen LogP contribution is -1.74. The minimum Gasteiger partial charge on any atom is -0.361 e. The van der Waals surface area contributed by atoms with Gasteiger partial charge in [0.05, 0.1) is 0 Å². The Bertz CT molecular complexity index is 880. The van der Waals surface area contributed by atoms with E-state index in [0.717, 1.165) is 0 Å². The maximum atomic E-state index is 3.37. The Balaban J connectivity index is 2.04. The molecule has 4 aromatic rings. The van der Waals surface area contributed by atoms with E-state index >= 15 is 0 Å². The number of aromatic amines is 2. The summed E-state index contributed by atoms with van der Waals surface area (Å²) in [5.41, 5.74) is 6.16. The molecule has 2 nitrogen and oxygen atoms in total. The molecule has 2 aromatic carbocycles. The molecule has 2 heteroatoms. The van der Waals surface area contributed by atoms with Gasteiger partial charge >= 0.3 is 0 Å². The molecule has 0 amide bonds. The Morgan fingerprint density at radius 1 is 0.737 bits per heavy atom. The van der Waals surface area contributed by atoms with Gasteiger partial charge in [0.25, 0.3) is 0 Å². The number of para-hydroxylation sites is 1. The Morgan fingerprint density at radius 2 is 1.42 bits per heavy atom. The fourth-order valence-electron chi connectivity index (χ4n) is 2.76. The number of rotatable bonds is 1. The third-order valence-corrected chi connectivity index (χ3v) is 3.72. The number of benzene rings is 2. The lowest BCUT2D eigenvalue weighted by molar-refractivity contribution is 1.44. The molecule has 2 N–H and O–H groups in total. The molecule has 0 aliphatic carbocycles. The van der Waals surface area contributed by atoms with Gasteiger partial charge in [0.2, 0.25) is 0 Å². The molecule has 2 heterocycles. The van der Waals surface area contributed by atoms with Gasteiger partial charge in [-0.3, -0.25) is 0 Å². The molecular weight excluding hydrogens is 232 g/mol. The van der Waals surface area contributed by atoms with Gasteiger partial charge in [0.15, 0.2) is 0 Å². The van der Waals surface area contributed by atoms with Gasteiger partial charge in [-0.1, -0.05) is 30.3 Å². The molecule has 19 heavy (non-hydrogen) atoms. The highest BCUT2D eigenvalue weighted by molar-refractivity contribution is 6.04. The van der Waals surface area contributed by atoms with Crippen molar-refractivity contribution in [1.82, 2.24) is 9.97 Å². The summed E-state index contributed by atoms with van der Waals surface area (Å²) in [5.74, 6) is 0. The highest BCUT2D eigenvalue weighted by Gasteiger charge is 2.10. The summed E-state index contributed by atoms with van der Waals surface area (Å²) in [6, 6.07) is 15.0. The van der Waals surface area contributed by atoms with Crippen LogP contribution in [0.4, 0.5) is 0 Å². The first kappa shape index (κ1) is 10.4. The lowest BCUT2D eigenvalue weighted by atomic mass is 10.0. The maximum absolute atomic E-state index is 3.37. The third kappa shape index (κ3) is 1.50. The molecule has 0 saturated carbocycles. The second kappa shape index (κ2) is 3.75. The topological polar surface area (TPSA) is 31.6 Å². The van der Waals surface area contributed by atoms with Gasteiger partial charge in [-0.15, -0.1) is 0 Å². The van der Waals surface area contributed by atoms with Gasteiger partial charge in [-0.2, -0.15) is 0 Å². The summed E-state index contributed by atoms with van der Waals surface area (Å²) in [6.07, 6.45) is 4.19. The van der Waals surface area contributed by atoms with Crippen LogP contribution in [-0.4, -0.2) is 9.97 Å². The Kier molecular flexibility index (Phi) is 2.06. The zero-order valence-corrected chi connectivity index (χ0v) is 10.7. The maximum Gasteiger partial charge on any atom is 0.0463 e. The fourth-order valence-corrected chi connectivity index (χ4v) is 2.76. The number of fused-ring (bicyclic) bond motifs is 2. The van der Waals surface area contributed by atoms with Crippen molar-refractivity contribution in [3.8, 4) is 11.1 Å². The number of H-pyrrole nitrogens is 2. The standard InChI is InChI=1S/C17H14N2/c1-11-6-7-13-15(10-19-17(13)8-11)14-9-18-16-5-3-2-4-12(14)16/h2-10,18-19H,1H3. The summed E-state index contributed by atoms with van der Waals surface area (Å²) in [4.78, 5) is 6.71. The summed E-state index contributed by atoms with van der Waals surface area (Å²) in [7, 11) is 0. The number of nitrogens with one attached hydrogen (secondary N) is 2. The molecule has 0 fully saturated rings. The van der Waals surface area contributed by atoms with Gasteiger partial charge in [0.1, 0.15) is 0 Å². The first-order chi connectivity index (χ1) is 9.33. The SMILES string of the molecule is Cc1ccc2c(-c3c[nH]c4ccccc34)c[nH]c2c1. The van der Waals surface area contributed by atoms with E-state index in [1.54, 1.807) is 0 Å². The predicted octanol–water partition coefficient (Wildman–Crippen LogP) is 4.62. The molecule has 0 spiro atoms. The smallest absolute Gasteiger partial charge is 0.0463 e. The fraction of sp³-hybridized carbons (Fsp3) is 0.0588. The quantitative estimate of drug-likeness (QED) is 0.491. The summed E-state index contributed by atoms with van der Waals surface area (Å²) < 4.78 is 0. The van der Waals surface area contributed by atoms with Crippen molar-refractivity contribution in [2.45, 2.75) is 6.92 Å². The molecule has 0 radical (unpaired) electrons. The van der Waals surface area contributed by atoms with E-state index in [9.17, 15) is 0 Å². The van der Waals surface area contributed by atoms with E-state index in [1.807, 2.05) is 0 Å². The Labute approximate surface area is 111 Å². The number of aryl methyl sites for hydroxylation is 1. The number of hydrogen-bond donors (Lipinski definition) is 2. The van der Waals surface area contributed by atoms with E-state index in [4.69, 9.17) is 0 Å². The highest BCUT2D eigenvalue weighted by atomic mass is 14.7. The van der Waals surface area contributed by atoms with Gasteiger partial charge in [-0.05, 0) is 24.6 Å². The van der Waals surface area contributed by atoms with Crippen LogP contribution in [-0.2, 0) is 0 Å². The van der Waals surface area contributed by atoms with Crippen LogP contribution in [0.3, 0.4) is 0 Å². The molecule has 92 valence electrons. The molecule has 0 saturated heterocycles. The number of aromatic nitrogens is 2. The summed E-state index contributed by atoms with van der Waals surface area (Å²) in [6.45, 7) is 2.12. The molecular formula is C17H14N2. The molecule has 2 aromatic heterocycles. The lowest BCUT2D eigenvalue weighted by Gasteiger charge is -1.98. The van der Waals surface area contributed by atoms with E-state index in [-0.39, 0.29) is 0 Å². The molecule has 0 atom stereocenters. The zero-order chi connectivity index (χ0) is 12.8. The van der Waals surface area contributed by atoms with Crippen molar-refractivity contribution in [2.24, 2.45) is 0 Å². The van der Waals surface area contributed by atoms with E-state index in [1.165, 1.54) is 38.5 Å². The van der Waals surface area contributed by atoms with Crippen molar-refractivity contribution in [3.63, 3.8) is 0 Å². The first-order valence-electron chi connectivity index (χ1n) is 6.47. The van der Waals surface area contributed by atoms with Crippen LogP contribution in [0.15, 0.2) is 54.9 Å². The largest absolute Gasteiger partial charge is 0.361 e. The van der Waals surface area contributed by atoms with Crippen LogP contribution in [0.1, 0.15) is 5.56 Å². The average Bonchev–Trinajstić information content (AvgIpc) is 3.01. The molecule has 0 aliphatic rings. The number of hydrogen-bond acceptors (Lipinski definition) is 0. The van der Waals surface area contributed by atoms with Crippen LogP contribution in [0, 0.1) is 6.92 Å². The van der Waals surface area contributed by atoms with Crippen LogP contribution in [0.2, 0.25) is 0 Å². The van der Waals surface area contributed by atoms with Gasteiger partial charge in [-0.25, -0.2) is 0 Å². The van der Waals surface area contributed by atoms with Crippen molar-refractivity contribution >= 4 is 21.8 Å². The third-order valence-electron chi connectivity index (χ3n) is 3.72. The Morgan fingerprint density at radius 3 is 2.26 bits per heavy atom. The van der Waals surface area contributed by atoms with E-state index in [0.29, 0.717) is 0 Å². The van der Waals surface area contributed by atoms with E-state index < -0.39 is 0 Å². The first-order valence-corrected chi connectivity index (χ1v) is 6.47. The summed E-state index contributed by atoms with van der Waals surface area (Å²) in [5, 5.41) is 2.54. The van der Waals surface area contributed by atoms with Crippen molar-refractivity contribution in [1.29, 1.82) is 0 Å². The second-order valence-electron chi connectivity index (χ2n) is 5.00. The van der Waals surface area contributed by atoms with Gasteiger partial charge in [0, 0.05) is 45.3 Å². The minimum absolute atomic E-state index is 1.18. The zero-order valence-electron chi connectivity index (χ0n) is 10.7. The van der Waals surface area contributed by atoms with Gasteiger partial charge < -0.3 is 9.97 Å². The van der Waals surface area contributed by atoms with Crippen molar-refractivity contribution in [2.75, 3.05) is 0 Å². The second-order valence-corrected chi connectivity index (χ2v) is 5.00. The average molecular weight is 246 g/mol. The van der Waals surface area contributed by atoms with Crippen LogP contribution < -0.4 is 0 Å². The minimum atomic E-state index is 1.18. The van der Waals surface area contributed by atoms with Crippen molar-refractivity contribution in [3.05, 3.63) is 60.4 Å². The summed E-state index contributed by atoms with van der Waals surface area (Å²) >= 11 is 0. The van der Waals surface area contributed by atoms with Crippen LogP contribution >= 0.6 is 0 Å². The molecule has 0 unspecified atom stereocenters. The normalized spacial score (nSPS) is 11.4. The molecule has 0 aliphatic heterocycles. The molecule has 0 bridgehead atoms. The van der Waals surface area contributed by atoms with Crippen LogP contribution in [0.25, 0.3) is 32.9 Å². The van der Waals surface area contributed by atoms with Crippen molar-refractivity contribution < 1.29 is 0 Å². The van der Waals surface area contributed by atoms with E-state index in [2.05, 4.69) is 71.7 Å².